The Morgan fingerprint density at radius 3 is 1.87 bits per heavy atom. The molecule has 0 nitrogen and oxygen atoms in total. The van der Waals surface area contributed by atoms with Gasteiger partial charge in [0.1, 0.15) is 8.07 Å². The third-order valence-electron chi connectivity index (χ3n) is 2.51. The lowest BCUT2D eigenvalue weighted by atomic mass is 10.2. The van der Waals surface area contributed by atoms with Gasteiger partial charge < -0.3 is 0 Å². The Morgan fingerprint density at radius 1 is 1.00 bits per heavy atom. The molecule has 0 heterocycles. The maximum absolute atomic E-state index is 3.61. The zero-order valence-corrected chi connectivity index (χ0v) is 13.7. The summed E-state index contributed by atoms with van der Waals surface area (Å²) in [6.07, 6.45) is 3.97. The highest BCUT2D eigenvalue weighted by atomic mass is 28.3. The first-order valence-electron chi connectivity index (χ1n) is 6.19. The van der Waals surface area contributed by atoms with Gasteiger partial charge in [-0.15, -0.1) is 11.5 Å². The molecule has 0 aliphatic heterocycles. The zero-order valence-electron chi connectivity index (χ0n) is 11.7. The van der Waals surface area contributed by atoms with Crippen LogP contribution in [0.25, 0.3) is 0 Å². The number of rotatable bonds is 4. The average molecular weight is 241 g/mol. The van der Waals surface area contributed by atoms with E-state index in [9.17, 15) is 0 Å². The second-order valence-electron chi connectivity index (χ2n) is 6.58. The molecule has 0 saturated carbocycles. The van der Waals surface area contributed by atoms with Gasteiger partial charge in [0.05, 0.1) is 8.07 Å². The van der Waals surface area contributed by atoms with Gasteiger partial charge in [0.2, 0.25) is 0 Å². The van der Waals surface area contributed by atoms with Gasteiger partial charge in [-0.05, 0) is 6.42 Å². The van der Waals surface area contributed by atoms with Crippen LogP contribution in [0.2, 0.25) is 44.8 Å². The Balaban J connectivity index is 4.57. The van der Waals surface area contributed by atoms with E-state index in [4.69, 9.17) is 0 Å². The standard InChI is InChI=1S/C13H28Si2/c1-8-9-10-13(15(5,6)7)11-12-14(2,3)4/h13H,8-10H2,1-7H3. The molecule has 0 aromatic carbocycles. The van der Waals surface area contributed by atoms with Crippen molar-refractivity contribution in [2.24, 2.45) is 0 Å². The Morgan fingerprint density at radius 2 is 1.53 bits per heavy atom. The van der Waals surface area contributed by atoms with Crippen molar-refractivity contribution in [2.75, 3.05) is 0 Å². The van der Waals surface area contributed by atoms with Crippen LogP contribution in [0.5, 0.6) is 0 Å². The molecule has 1 atom stereocenters. The quantitative estimate of drug-likeness (QED) is 0.491. The highest BCUT2D eigenvalue weighted by Gasteiger charge is 2.24. The molecule has 0 aromatic heterocycles. The smallest absolute Gasteiger partial charge is 0.129 e. The first-order valence-corrected chi connectivity index (χ1v) is 13.3. The second kappa shape index (κ2) is 5.91. The SMILES string of the molecule is CCCCC(C#C[Si](C)(C)C)[Si](C)(C)C. The fraction of sp³-hybridized carbons (Fsp3) is 0.846. The molecular formula is C13H28Si2. The molecule has 0 bridgehead atoms. The van der Waals surface area contributed by atoms with Crippen LogP contribution in [0.4, 0.5) is 0 Å². The molecule has 0 radical (unpaired) electrons. The maximum Gasteiger partial charge on any atom is 0.129 e. The molecule has 1 unspecified atom stereocenters. The van der Waals surface area contributed by atoms with Crippen molar-refractivity contribution >= 4 is 16.1 Å². The zero-order chi connectivity index (χ0) is 12.1. The Kier molecular flexibility index (Phi) is 5.91. The van der Waals surface area contributed by atoms with Gasteiger partial charge in [-0.25, -0.2) is 0 Å². The normalized spacial score (nSPS) is 14.3. The topological polar surface area (TPSA) is 0 Å². The molecule has 0 fully saturated rings. The maximum atomic E-state index is 3.61. The van der Waals surface area contributed by atoms with Crippen molar-refractivity contribution in [3.8, 4) is 11.5 Å². The second-order valence-corrected chi connectivity index (χ2v) is 16.8. The van der Waals surface area contributed by atoms with Gasteiger partial charge in [-0.2, -0.15) is 0 Å². The van der Waals surface area contributed by atoms with Gasteiger partial charge in [0.15, 0.2) is 0 Å². The molecule has 0 amide bonds. The molecule has 0 saturated heterocycles. The van der Waals surface area contributed by atoms with E-state index >= 15 is 0 Å². The predicted octanol–water partition coefficient (Wildman–Crippen LogP) is 4.77. The van der Waals surface area contributed by atoms with E-state index in [0.717, 1.165) is 0 Å². The van der Waals surface area contributed by atoms with Crippen molar-refractivity contribution in [1.82, 2.24) is 0 Å². The van der Waals surface area contributed by atoms with E-state index in [2.05, 4.69) is 57.7 Å². The minimum absolute atomic E-state index is 0.712. The molecule has 0 N–H and O–H groups in total. The van der Waals surface area contributed by atoms with Crippen LogP contribution < -0.4 is 0 Å². The predicted molar refractivity (Wildman–Crippen MR) is 77.7 cm³/mol. The molecule has 0 spiro atoms. The number of hydrogen-bond donors (Lipinski definition) is 0. The Bertz CT molecular complexity index is 232. The van der Waals surface area contributed by atoms with Crippen molar-refractivity contribution in [3.05, 3.63) is 0 Å². The van der Waals surface area contributed by atoms with Gasteiger partial charge in [0, 0.05) is 5.54 Å². The summed E-state index contributed by atoms with van der Waals surface area (Å²) in [7, 11) is -2.25. The molecule has 0 aliphatic carbocycles. The van der Waals surface area contributed by atoms with E-state index in [1.165, 1.54) is 19.3 Å². The summed E-state index contributed by atoms with van der Waals surface area (Å²) in [5, 5.41) is 0. The van der Waals surface area contributed by atoms with Crippen LogP contribution in [0.15, 0.2) is 0 Å². The molecule has 0 rings (SSSR count). The van der Waals surface area contributed by atoms with Crippen LogP contribution >= 0.6 is 0 Å². The fourth-order valence-corrected chi connectivity index (χ4v) is 3.76. The lowest BCUT2D eigenvalue weighted by Gasteiger charge is -2.24. The fourth-order valence-electron chi connectivity index (χ4n) is 1.43. The summed E-state index contributed by atoms with van der Waals surface area (Å²) in [5.74, 6) is 3.61. The van der Waals surface area contributed by atoms with E-state index < -0.39 is 16.1 Å². The highest BCUT2D eigenvalue weighted by Crippen LogP contribution is 2.26. The first-order chi connectivity index (χ1) is 6.67. The van der Waals surface area contributed by atoms with Crippen molar-refractivity contribution < 1.29 is 0 Å². The van der Waals surface area contributed by atoms with Crippen LogP contribution in [0.3, 0.4) is 0 Å². The molecular weight excluding hydrogens is 212 g/mol. The van der Waals surface area contributed by atoms with Crippen molar-refractivity contribution in [2.45, 2.75) is 71.0 Å². The van der Waals surface area contributed by atoms with E-state index in [-0.39, 0.29) is 0 Å². The van der Waals surface area contributed by atoms with Crippen molar-refractivity contribution in [3.63, 3.8) is 0 Å². The minimum atomic E-state index is -1.18. The van der Waals surface area contributed by atoms with Crippen molar-refractivity contribution in [1.29, 1.82) is 0 Å². The molecule has 0 aliphatic rings. The number of hydrogen-bond acceptors (Lipinski definition) is 0. The summed E-state index contributed by atoms with van der Waals surface area (Å²) in [6.45, 7) is 16.6. The summed E-state index contributed by atoms with van der Waals surface area (Å²) >= 11 is 0. The highest BCUT2D eigenvalue weighted by molar-refractivity contribution is 6.84. The minimum Gasteiger partial charge on any atom is -0.132 e. The van der Waals surface area contributed by atoms with E-state index in [1.807, 2.05) is 0 Å². The largest absolute Gasteiger partial charge is 0.132 e. The Hall–Kier alpha value is -0.00623. The van der Waals surface area contributed by atoms with Gasteiger partial charge >= 0.3 is 0 Å². The van der Waals surface area contributed by atoms with Crippen LogP contribution in [0, 0.1) is 11.5 Å². The molecule has 2 heteroatoms. The summed E-state index contributed by atoms with van der Waals surface area (Å²) in [5.41, 5.74) is 4.27. The Labute approximate surface area is 98.9 Å². The molecule has 15 heavy (non-hydrogen) atoms. The third-order valence-corrected chi connectivity index (χ3v) is 5.93. The summed E-state index contributed by atoms with van der Waals surface area (Å²) in [6, 6.07) is 0. The molecule has 0 aromatic rings. The van der Waals surface area contributed by atoms with Gasteiger partial charge in [0.25, 0.3) is 0 Å². The third kappa shape index (κ3) is 7.87. The lowest BCUT2D eigenvalue weighted by molar-refractivity contribution is 0.724. The van der Waals surface area contributed by atoms with E-state index in [0.29, 0.717) is 5.54 Å². The first kappa shape index (κ1) is 15.0. The van der Waals surface area contributed by atoms with Crippen LogP contribution in [0.1, 0.15) is 26.2 Å². The average Bonchev–Trinajstić information content (AvgIpc) is 1.99. The van der Waals surface area contributed by atoms with Gasteiger partial charge in [-0.1, -0.05) is 59.0 Å². The van der Waals surface area contributed by atoms with Crippen LogP contribution in [-0.4, -0.2) is 16.1 Å². The summed E-state index contributed by atoms with van der Waals surface area (Å²) in [4.78, 5) is 0. The monoisotopic (exact) mass is 240 g/mol. The van der Waals surface area contributed by atoms with E-state index in [1.54, 1.807) is 0 Å². The van der Waals surface area contributed by atoms with Crippen LogP contribution in [-0.2, 0) is 0 Å². The summed E-state index contributed by atoms with van der Waals surface area (Å²) < 4.78 is 0. The number of unbranched alkanes of at least 4 members (excludes halogenated alkanes) is 1. The van der Waals surface area contributed by atoms with Gasteiger partial charge in [-0.3, -0.25) is 0 Å². The molecule has 88 valence electrons. The lowest BCUT2D eigenvalue weighted by Crippen LogP contribution is -2.28.